The molecule has 0 atom stereocenters. The molecule has 0 aliphatic carbocycles. The minimum atomic E-state index is -0.358. The number of aryl methyl sites for hydroxylation is 2. The zero-order chi connectivity index (χ0) is 23.5. The van der Waals surface area contributed by atoms with Crippen molar-refractivity contribution in [3.8, 4) is 16.9 Å². The molecule has 0 radical (unpaired) electrons. The van der Waals surface area contributed by atoms with Crippen molar-refractivity contribution in [2.24, 2.45) is 0 Å². The number of benzene rings is 2. The lowest BCUT2D eigenvalue weighted by molar-refractivity contribution is 0.0563. The smallest absolute Gasteiger partial charge is 0.409 e. The van der Waals surface area contributed by atoms with E-state index in [-0.39, 0.29) is 17.8 Å². The van der Waals surface area contributed by atoms with Crippen LogP contribution in [0, 0.1) is 19.7 Å². The van der Waals surface area contributed by atoms with Crippen LogP contribution in [0.3, 0.4) is 0 Å². The van der Waals surface area contributed by atoms with E-state index >= 15 is 0 Å². The van der Waals surface area contributed by atoms with Crippen molar-refractivity contribution < 1.29 is 18.7 Å². The van der Waals surface area contributed by atoms with Gasteiger partial charge in [-0.3, -0.25) is 4.79 Å². The molecule has 1 aliphatic rings. The van der Waals surface area contributed by atoms with Crippen molar-refractivity contribution in [2.75, 3.05) is 32.8 Å². The van der Waals surface area contributed by atoms with Crippen LogP contribution >= 0.6 is 0 Å². The summed E-state index contributed by atoms with van der Waals surface area (Å²) in [5.74, 6) is -0.497. The lowest BCUT2D eigenvalue weighted by Gasteiger charge is -2.34. The molecule has 1 fully saturated rings. The molecule has 3 aromatic rings. The summed E-state index contributed by atoms with van der Waals surface area (Å²) < 4.78 is 20.2. The average Bonchev–Trinajstić information content (AvgIpc) is 3.26. The number of amides is 2. The lowest BCUT2D eigenvalue weighted by Crippen LogP contribution is -2.51. The van der Waals surface area contributed by atoms with E-state index in [1.807, 2.05) is 32.0 Å². The van der Waals surface area contributed by atoms with E-state index in [1.165, 1.54) is 12.1 Å². The van der Waals surface area contributed by atoms with Gasteiger partial charge in [0.1, 0.15) is 11.5 Å². The van der Waals surface area contributed by atoms with Crippen molar-refractivity contribution in [2.45, 2.75) is 20.8 Å². The Morgan fingerprint density at radius 3 is 2.30 bits per heavy atom. The van der Waals surface area contributed by atoms with Gasteiger partial charge in [0.25, 0.3) is 5.91 Å². The Kier molecular flexibility index (Phi) is 6.44. The molecule has 172 valence electrons. The van der Waals surface area contributed by atoms with Crippen LogP contribution in [0.1, 0.15) is 28.5 Å². The van der Waals surface area contributed by atoms with Crippen LogP contribution in [0.15, 0.2) is 48.5 Å². The van der Waals surface area contributed by atoms with E-state index < -0.39 is 0 Å². The number of aromatic nitrogens is 2. The van der Waals surface area contributed by atoms with Crippen molar-refractivity contribution in [3.05, 3.63) is 71.2 Å². The predicted molar refractivity (Wildman–Crippen MR) is 123 cm³/mol. The molecule has 0 unspecified atom stereocenters. The summed E-state index contributed by atoms with van der Waals surface area (Å²) in [6, 6.07) is 13.8. The number of carbonyl (C=O) groups excluding carboxylic acids is 2. The molecule has 0 spiro atoms. The molecule has 1 aliphatic heterocycles. The summed E-state index contributed by atoms with van der Waals surface area (Å²) in [5, 5.41) is 4.73. The first-order valence-electron chi connectivity index (χ1n) is 11.0. The molecule has 8 heteroatoms. The van der Waals surface area contributed by atoms with Gasteiger partial charge in [0.15, 0.2) is 0 Å². The van der Waals surface area contributed by atoms with E-state index in [4.69, 9.17) is 9.84 Å². The Morgan fingerprint density at radius 2 is 1.64 bits per heavy atom. The van der Waals surface area contributed by atoms with Gasteiger partial charge in [-0.25, -0.2) is 13.9 Å². The third-order valence-electron chi connectivity index (χ3n) is 5.75. The van der Waals surface area contributed by atoms with Crippen molar-refractivity contribution in [1.29, 1.82) is 0 Å². The van der Waals surface area contributed by atoms with E-state index in [2.05, 4.69) is 0 Å². The first kappa shape index (κ1) is 22.5. The van der Waals surface area contributed by atoms with Crippen molar-refractivity contribution in [3.63, 3.8) is 0 Å². The van der Waals surface area contributed by atoms with Gasteiger partial charge < -0.3 is 14.5 Å². The fourth-order valence-electron chi connectivity index (χ4n) is 3.90. The molecule has 2 heterocycles. The Morgan fingerprint density at radius 1 is 0.970 bits per heavy atom. The van der Waals surface area contributed by atoms with Gasteiger partial charge in [-0.15, -0.1) is 0 Å². The highest BCUT2D eigenvalue weighted by Gasteiger charge is 2.28. The third kappa shape index (κ3) is 4.74. The molecule has 0 saturated carbocycles. The highest BCUT2D eigenvalue weighted by atomic mass is 19.1. The number of ether oxygens (including phenoxy) is 1. The second-order valence-electron chi connectivity index (χ2n) is 8.10. The fraction of sp³-hybridized carbons (Fsp3) is 0.320. The number of halogens is 1. The quantitative estimate of drug-likeness (QED) is 0.597. The third-order valence-corrected chi connectivity index (χ3v) is 5.75. The average molecular weight is 451 g/mol. The number of piperazine rings is 1. The number of nitrogens with zero attached hydrogens (tertiary/aromatic N) is 4. The maximum absolute atomic E-state index is 13.6. The minimum absolute atomic E-state index is 0.166. The normalized spacial score (nSPS) is 13.8. The van der Waals surface area contributed by atoms with Gasteiger partial charge in [-0.05, 0) is 68.3 Å². The van der Waals surface area contributed by atoms with E-state index in [0.29, 0.717) is 44.2 Å². The largest absolute Gasteiger partial charge is 0.450 e. The first-order chi connectivity index (χ1) is 15.9. The molecule has 7 nitrogen and oxygen atoms in total. The van der Waals surface area contributed by atoms with Crippen LogP contribution < -0.4 is 0 Å². The zero-order valence-electron chi connectivity index (χ0n) is 19.0. The summed E-state index contributed by atoms with van der Waals surface area (Å²) in [4.78, 5) is 28.9. The monoisotopic (exact) mass is 450 g/mol. The molecule has 1 aromatic heterocycles. The summed E-state index contributed by atoms with van der Waals surface area (Å²) in [5.41, 5.74) is 4.59. The summed E-state index contributed by atoms with van der Waals surface area (Å²) in [6.07, 6.45) is -0.358. The van der Waals surface area contributed by atoms with E-state index in [0.717, 1.165) is 22.4 Å². The lowest BCUT2D eigenvalue weighted by atomic mass is 10.1. The Balaban J connectivity index is 1.68. The minimum Gasteiger partial charge on any atom is -0.450 e. The molecular formula is C25H27FN4O3. The fourth-order valence-corrected chi connectivity index (χ4v) is 3.90. The van der Waals surface area contributed by atoms with Gasteiger partial charge in [0, 0.05) is 31.7 Å². The first-order valence-corrected chi connectivity index (χ1v) is 11.0. The van der Waals surface area contributed by atoms with Crippen LogP contribution in [0.25, 0.3) is 16.9 Å². The van der Waals surface area contributed by atoms with Crippen LogP contribution in [-0.4, -0.2) is 64.4 Å². The van der Waals surface area contributed by atoms with Crippen LogP contribution in [0.2, 0.25) is 0 Å². The summed E-state index contributed by atoms with van der Waals surface area (Å²) in [6.45, 7) is 7.68. The van der Waals surface area contributed by atoms with Gasteiger partial charge in [-0.2, -0.15) is 5.10 Å². The number of rotatable bonds is 4. The highest BCUT2D eigenvalue weighted by molar-refractivity contribution is 5.94. The SMILES string of the molecule is CCOC(=O)N1CCN(C(=O)c2cc(-c3ccc(F)cc3)nn2-c2cc(C)ccc2C)CC1. The summed E-state index contributed by atoms with van der Waals surface area (Å²) >= 11 is 0. The Hall–Kier alpha value is -3.68. The van der Waals surface area contributed by atoms with E-state index in [1.54, 1.807) is 39.6 Å². The number of hydrogen-bond donors (Lipinski definition) is 0. The van der Waals surface area contributed by atoms with E-state index in [9.17, 15) is 14.0 Å². The number of carbonyl (C=O) groups is 2. The van der Waals surface area contributed by atoms with Crippen LogP contribution in [0.4, 0.5) is 9.18 Å². The second-order valence-corrected chi connectivity index (χ2v) is 8.10. The topological polar surface area (TPSA) is 67.7 Å². The highest BCUT2D eigenvalue weighted by Crippen LogP contribution is 2.25. The molecule has 0 bridgehead atoms. The maximum atomic E-state index is 13.6. The van der Waals surface area contributed by atoms with Crippen LogP contribution in [0.5, 0.6) is 0 Å². The molecule has 2 amide bonds. The van der Waals surface area contributed by atoms with Gasteiger partial charge in [-0.1, -0.05) is 12.1 Å². The standard InChI is InChI=1S/C25H27FN4O3/c1-4-33-25(32)29-13-11-28(12-14-29)24(31)23-16-21(19-7-9-20(26)10-8-19)27-30(23)22-15-17(2)5-6-18(22)3/h5-10,15-16H,4,11-14H2,1-3H3. The zero-order valence-corrected chi connectivity index (χ0v) is 19.0. The molecule has 1 saturated heterocycles. The van der Waals surface area contributed by atoms with Crippen LogP contribution in [-0.2, 0) is 4.74 Å². The summed E-state index contributed by atoms with van der Waals surface area (Å²) in [7, 11) is 0. The number of hydrogen-bond acceptors (Lipinski definition) is 4. The van der Waals surface area contributed by atoms with Gasteiger partial charge >= 0.3 is 6.09 Å². The predicted octanol–water partition coefficient (Wildman–Crippen LogP) is 4.21. The Bertz CT molecular complexity index is 1160. The molecular weight excluding hydrogens is 423 g/mol. The molecule has 2 aromatic carbocycles. The molecule has 4 rings (SSSR count). The van der Waals surface area contributed by atoms with Crippen molar-refractivity contribution in [1.82, 2.24) is 19.6 Å². The van der Waals surface area contributed by atoms with Crippen molar-refractivity contribution >= 4 is 12.0 Å². The second kappa shape index (κ2) is 9.44. The Labute approximate surface area is 192 Å². The molecule has 33 heavy (non-hydrogen) atoms. The van der Waals surface area contributed by atoms with Gasteiger partial charge in [0.05, 0.1) is 18.0 Å². The molecule has 0 N–H and O–H groups in total. The van der Waals surface area contributed by atoms with Gasteiger partial charge in [0.2, 0.25) is 0 Å². The maximum Gasteiger partial charge on any atom is 0.409 e.